The Morgan fingerprint density at radius 3 is 2.71 bits per heavy atom. The number of ether oxygens (including phenoxy) is 2. The molecule has 1 saturated heterocycles. The topological polar surface area (TPSA) is 116 Å². The van der Waals surface area contributed by atoms with Crippen molar-refractivity contribution in [1.29, 1.82) is 0 Å². The van der Waals surface area contributed by atoms with Crippen molar-refractivity contribution in [2.45, 2.75) is 102 Å². The molecule has 8 heteroatoms. The van der Waals surface area contributed by atoms with Gasteiger partial charge >= 0.3 is 57.4 Å². The molecule has 0 aromatic rings. The maximum absolute atomic E-state index is 13.5. The van der Waals surface area contributed by atoms with Crippen molar-refractivity contribution >= 4 is 17.7 Å². The zero-order valence-corrected chi connectivity index (χ0v) is 24.7. The number of esters is 1. The summed E-state index contributed by atoms with van der Waals surface area (Å²) in [6.45, 7) is 6.68. The van der Waals surface area contributed by atoms with Gasteiger partial charge in [-0.05, 0) is 63.4 Å². The molecule has 4 aliphatic carbocycles. The number of ketones is 1. The van der Waals surface area contributed by atoms with Crippen LogP contribution in [-0.2, 0) is 23.9 Å². The molecule has 1 N–H and O–H groups in total. The van der Waals surface area contributed by atoms with Crippen molar-refractivity contribution in [3.8, 4) is 0 Å². The van der Waals surface area contributed by atoms with Crippen molar-refractivity contribution in [1.82, 2.24) is 0 Å². The second-order valence-corrected chi connectivity index (χ2v) is 11.9. The van der Waals surface area contributed by atoms with Gasteiger partial charge in [0.1, 0.15) is 5.60 Å². The molecule has 5 rings (SSSR count). The smallest absolute Gasteiger partial charge is 0.550 e. The summed E-state index contributed by atoms with van der Waals surface area (Å²) in [6, 6.07) is 0. The van der Waals surface area contributed by atoms with Crippen molar-refractivity contribution < 1.29 is 85.5 Å². The van der Waals surface area contributed by atoms with Crippen LogP contribution in [0.4, 0.5) is 0 Å². The van der Waals surface area contributed by atoms with E-state index >= 15 is 0 Å². The van der Waals surface area contributed by atoms with Gasteiger partial charge in [-0.1, -0.05) is 32.8 Å². The predicted molar refractivity (Wildman–Crippen MR) is 120 cm³/mol. The standard InChI is InChI=1S/C27H38O7.K/c1-4-5-12-33-23(31)18-14-16-13-17(28)6-9-24(16,2)27-20(34-27)15-25(3)19(22(18)27)7-10-26(25,32)11-8-21(29)30;/h13,18-20,22,32H,4-12,14-15H2,1-3H3,(H,29,30);/q;+1/p-1/t18-,19+,20-,22+,24+,25+,26-,27-;/m1./s1. The maximum Gasteiger partial charge on any atom is 1.00 e. The minimum atomic E-state index is -1.16. The van der Waals surface area contributed by atoms with E-state index in [1.807, 2.05) is 0 Å². The Kier molecular flexibility index (Phi) is 7.64. The number of hydrogen-bond donors (Lipinski definition) is 1. The predicted octanol–water partition coefficient (Wildman–Crippen LogP) is -0.516. The van der Waals surface area contributed by atoms with Crippen LogP contribution in [0.3, 0.4) is 0 Å². The molecule has 3 saturated carbocycles. The second-order valence-electron chi connectivity index (χ2n) is 11.9. The van der Waals surface area contributed by atoms with Crippen LogP contribution >= 0.6 is 0 Å². The number of fused-ring (bicyclic) bond motifs is 3. The Bertz CT molecular complexity index is 948. The second kappa shape index (κ2) is 9.58. The number of carboxylic acids is 1. The maximum atomic E-state index is 13.5. The number of aliphatic hydroxyl groups is 1. The Hall–Kier alpha value is -0.0936. The number of unbranched alkanes of at least 4 members (excludes halogenated alkanes) is 1. The fourth-order valence-electron chi connectivity index (χ4n) is 8.49. The van der Waals surface area contributed by atoms with Crippen LogP contribution in [0, 0.1) is 28.6 Å². The molecule has 0 bridgehead atoms. The molecule has 0 radical (unpaired) electrons. The van der Waals surface area contributed by atoms with Crippen LogP contribution < -0.4 is 56.5 Å². The minimum absolute atomic E-state index is 0. The molecule has 0 aromatic heterocycles. The average molecular weight is 513 g/mol. The normalized spacial score (nSPS) is 45.1. The molecule has 1 aliphatic heterocycles. The summed E-state index contributed by atoms with van der Waals surface area (Å²) in [4.78, 5) is 37.0. The van der Waals surface area contributed by atoms with Crippen molar-refractivity contribution in [3.05, 3.63) is 11.6 Å². The van der Waals surface area contributed by atoms with Crippen molar-refractivity contribution in [2.24, 2.45) is 28.6 Å². The van der Waals surface area contributed by atoms with Crippen molar-refractivity contribution in [2.75, 3.05) is 6.61 Å². The molecule has 5 aliphatic rings. The molecular weight excluding hydrogens is 475 g/mol. The zero-order chi connectivity index (χ0) is 24.5. The van der Waals surface area contributed by atoms with E-state index in [9.17, 15) is 24.6 Å². The van der Waals surface area contributed by atoms with Crippen LogP contribution in [0.15, 0.2) is 11.6 Å². The fourth-order valence-corrected chi connectivity index (χ4v) is 8.49. The summed E-state index contributed by atoms with van der Waals surface area (Å²) in [5, 5.41) is 22.9. The SMILES string of the molecule is CCCCOC(=O)[C@@H]1CC2=CC(=O)CC[C@]2(C)[C@@]23O[C@@H]2C[C@@]2(C)[C@@H](CC[C@@]2(O)CCC(=O)[O-])[C@H]13.[K+]. The zero-order valence-electron chi connectivity index (χ0n) is 21.6. The first-order valence-electron chi connectivity index (χ1n) is 13.0. The van der Waals surface area contributed by atoms with E-state index in [2.05, 4.69) is 20.8 Å². The van der Waals surface area contributed by atoms with E-state index in [0.717, 1.165) is 24.8 Å². The van der Waals surface area contributed by atoms with E-state index in [-0.39, 0.29) is 99.3 Å². The number of epoxide rings is 1. The van der Waals surface area contributed by atoms with Gasteiger partial charge in [-0.15, -0.1) is 0 Å². The van der Waals surface area contributed by atoms with E-state index in [1.165, 1.54) is 0 Å². The first-order chi connectivity index (χ1) is 16.0. The molecule has 8 atom stereocenters. The van der Waals surface area contributed by atoms with Gasteiger partial charge in [0, 0.05) is 29.1 Å². The largest absolute Gasteiger partial charge is 1.00 e. The first kappa shape index (κ1) is 27.9. The third-order valence-electron chi connectivity index (χ3n) is 10.5. The van der Waals surface area contributed by atoms with Gasteiger partial charge in [0.2, 0.25) is 0 Å². The van der Waals surface area contributed by atoms with Gasteiger partial charge in [-0.25, -0.2) is 0 Å². The third kappa shape index (κ3) is 4.00. The fraction of sp³-hybridized carbons (Fsp3) is 0.815. The molecule has 35 heavy (non-hydrogen) atoms. The van der Waals surface area contributed by atoms with Crippen LogP contribution in [0.1, 0.15) is 85.0 Å². The molecule has 188 valence electrons. The molecule has 1 heterocycles. The van der Waals surface area contributed by atoms with Crippen LogP contribution in [0.25, 0.3) is 0 Å². The number of hydrogen-bond acceptors (Lipinski definition) is 7. The summed E-state index contributed by atoms with van der Waals surface area (Å²) < 4.78 is 12.3. The molecule has 0 aromatic carbocycles. The van der Waals surface area contributed by atoms with Gasteiger partial charge in [-0.3, -0.25) is 9.59 Å². The number of carbonyl (C=O) groups is 3. The summed E-state index contributed by atoms with van der Waals surface area (Å²) >= 11 is 0. The Morgan fingerprint density at radius 2 is 2.03 bits per heavy atom. The van der Waals surface area contributed by atoms with Crippen LogP contribution in [-0.4, -0.2) is 46.7 Å². The molecular formula is C27H37KO7. The number of aliphatic carboxylic acids is 1. The van der Waals surface area contributed by atoms with Crippen LogP contribution in [0.2, 0.25) is 0 Å². The van der Waals surface area contributed by atoms with E-state index in [1.54, 1.807) is 6.08 Å². The van der Waals surface area contributed by atoms with E-state index < -0.39 is 28.5 Å². The van der Waals surface area contributed by atoms with Crippen LogP contribution in [0.5, 0.6) is 0 Å². The Balaban J connectivity index is 0.00000289. The minimum Gasteiger partial charge on any atom is -0.550 e. The number of carboxylic acid groups (broad SMARTS) is 1. The van der Waals surface area contributed by atoms with Gasteiger partial charge in [0.15, 0.2) is 5.78 Å². The van der Waals surface area contributed by atoms with Gasteiger partial charge in [0.25, 0.3) is 0 Å². The number of carbonyl (C=O) groups excluding carboxylic acids is 3. The Morgan fingerprint density at radius 1 is 1.29 bits per heavy atom. The monoisotopic (exact) mass is 512 g/mol. The molecule has 7 nitrogen and oxygen atoms in total. The van der Waals surface area contributed by atoms with E-state index in [0.29, 0.717) is 38.7 Å². The average Bonchev–Trinajstić information content (AvgIpc) is 3.44. The molecule has 1 spiro atoms. The molecule has 0 unspecified atom stereocenters. The third-order valence-corrected chi connectivity index (χ3v) is 10.5. The quantitative estimate of drug-likeness (QED) is 0.211. The summed E-state index contributed by atoms with van der Waals surface area (Å²) in [5.74, 6) is -1.83. The first-order valence-corrected chi connectivity index (χ1v) is 13.0. The number of rotatable bonds is 7. The van der Waals surface area contributed by atoms with Gasteiger partial charge in [-0.2, -0.15) is 0 Å². The van der Waals surface area contributed by atoms with Crippen molar-refractivity contribution in [3.63, 3.8) is 0 Å². The summed E-state index contributed by atoms with van der Waals surface area (Å²) in [6.07, 6.45) is 6.85. The van der Waals surface area contributed by atoms with E-state index in [4.69, 9.17) is 9.47 Å². The summed E-state index contributed by atoms with van der Waals surface area (Å²) in [5.41, 5.74) is -1.53. The summed E-state index contributed by atoms with van der Waals surface area (Å²) in [7, 11) is 0. The van der Waals surface area contributed by atoms with Gasteiger partial charge < -0.3 is 24.5 Å². The van der Waals surface area contributed by atoms with Gasteiger partial charge in [0.05, 0.1) is 24.2 Å². The Labute approximate surface area is 250 Å². The molecule has 4 fully saturated rings. The molecule has 0 amide bonds.